The number of aromatic amines is 1. The average Bonchev–Trinajstić information content (AvgIpc) is 3.25. The quantitative estimate of drug-likeness (QED) is 0.274. The molecule has 5 heteroatoms. The minimum Gasteiger partial charge on any atom is -0.478 e. The number of aryl methyl sites for hydroxylation is 1. The van der Waals surface area contributed by atoms with E-state index < -0.39 is 5.97 Å². The van der Waals surface area contributed by atoms with Crippen molar-refractivity contribution < 1.29 is 14.3 Å². The molecule has 0 amide bonds. The minimum atomic E-state index is -0.983. The van der Waals surface area contributed by atoms with Crippen molar-refractivity contribution in [2.24, 2.45) is 0 Å². The SMILES string of the molecule is CC/C(=C(/c1ccc(/C=C/C(=O)O)cc1)c1ccc2[nH]ncc2c1)c1ccc(F)cc1C. The highest BCUT2D eigenvalue weighted by molar-refractivity contribution is 6.01. The molecule has 1 aromatic heterocycles. The van der Waals surface area contributed by atoms with Gasteiger partial charge in [-0.15, -0.1) is 0 Å². The van der Waals surface area contributed by atoms with Crippen molar-refractivity contribution in [3.8, 4) is 0 Å². The van der Waals surface area contributed by atoms with Gasteiger partial charge in [0.1, 0.15) is 5.82 Å². The Labute approximate surface area is 185 Å². The summed E-state index contributed by atoms with van der Waals surface area (Å²) in [5, 5.41) is 17.0. The average molecular weight is 426 g/mol. The van der Waals surface area contributed by atoms with Gasteiger partial charge in [0.25, 0.3) is 0 Å². The molecule has 0 aliphatic carbocycles. The van der Waals surface area contributed by atoms with Crippen molar-refractivity contribution in [3.05, 3.63) is 107 Å². The summed E-state index contributed by atoms with van der Waals surface area (Å²) in [6.45, 7) is 4.02. The maximum Gasteiger partial charge on any atom is 0.328 e. The predicted molar refractivity (Wildman–Crippen MR) is 127 cm³/mol. The summed E-state index contributed by atoms with van der Waals surface area (Å²) in [5.41, 5.74) is 7.85. The van der Waals surface area contributed by atoms with E-state index in [1.807, 2.05) is 43.3 Å². The van der Waals surface area contributed by atoms with Gasteiger partial charge < -0.3 is 5.11 Å². The minimum absolute atomic E-state index is 0.252. The zero-order valence-electron chi connectivity index (χ0n) is 17.9. The Morgan fingerprint density at radius 3 is 2.50 bits per heavy atom. The van der Waals surface area contributed by atoms with Crippen LogP contribution < -0.4 is 0 Å². The molecule has 1 heterocycles. The molecule has 0 spiro atoms. The van der Waals surface area contributed by atoms with Gasteiger partial charge in [-0.3, -0.25) is 5.10 Å². The van der Waals surface area contributed by atoms with E-state index in [-0.39, 0.29) is 5.82 Å². The van der Waals surface area contributed by atoms with E-state index in [0.29, 0.717) is 0 Å². The van der Waals surface area contributed by atoms with Crippen LogP contribution in [-0.2, 0) is 4.79 Å². The third kappa shape index (κ3) is 4.37. The van der Waals surface area contributed by atoms with Crippen LogP contribution in [0.4, 0.5) is 4.39 Å². The lowest BCUT2D eigenvalue weighted by molar-refractivity contribution is -0.131. The summed E-state index contributed by atoms with van der Waals surface area (Å²) in [6.07, 6.45) is 5.24. The summed E-state index contributed by atoms with van der Waals surface area (Å²) in [5.74, 6) is -1.24. The van der Waals surface area contributed by atoms with Crippen molar-refractivity contribution in [1.82, 2.24) is 10.2 Å². The number of nitrogens with zero attached hydrogens (tertiary/aromatic N) is 1. The molecule has 4 rings (SSSR count). The number of nitrogens with one attached hydrogen (secondary N) is 1. The van der Waals surface area contributed by atoms with E-state index in [1.165, 1.54) is 6.07 Å². The molecule has 4 aromatic rings. The summed E-state index contributed by atoms with van der Waals surface area (Å²) < 4.78 is 13.8. The lowest BCUT2D eigenvalue weighted by Crippen LogP contribution is -1.97. The van der Waals surface area contributed by atoms with Gasteiger partial charge in [0.15, 0.2) is 0 Å². The molecule has 0 aliphatic rings. The Hall–Kier alpha value is -3.99. The first-order valence-electron chi connectivity index (χ1n) is 10.4. The number of fused-ring (bicyclic) bond motifs is 1. The zero-order chi connectivity index (χ0) is 22.7. The fourth-order valence-electron chi connectivity index (χ4n) is 4.01. The third-order valence-corrected chi connectivity index (χ3v) is 5.52. The number of carbonyl (C=O) groups is 1. The van der Waals surface area contributed by atoms with E-state index in [4.69, 9.17) is 5.11 Å². The maximum atomic E-state index is 13.8. The van der Waals surface area contributed by atoms with E-state index in [9.17, 15) is 9.18 Å². The first-order valence-corrected chi connectivity index (χ1v) is 10.4. The van der Waals surface area contributed by atoms with Crippen molar-refractivity contribution in [2.45, 2.75) is 20.3 Å². The lowest BCUT2D eigenvalue weighted by atomic mass is 9.86. The molecule has 0 saturated heterocycles. The van der Waals surface area contributed by atoms with Crippen molar-refractivity contribution in [1.29, 1.82) is 0 Å². The zero-order valence-corrected chi connectivity index (χ0v) is 17.9. The summed E-state index contributed by atoms with van der Waals surface area (Å²) in [4.78, 5) is 10.8. The largest absolute Gasteiger partial charge is 0.478 e. The number of hydrogen-bond donors (Lipinski definition) is 2. The van der Waals surface area contributed by atoms with Gasteiger partial charge in [0.2, 0.25) is 0 Å². The monoisotopic (exact) mass is 426 g/mol. The van der Waals surface area contributed by atoms with Crippen LogP contribution in [0.3, 0.4) is 0 Å². The fourth-order valence-corrected chi connectivity index (χ4v) is 4.01. The maximum absolute atomic E-state index is 13.8. The van der Waals surface area contributed by atoms with E-state index in [1.54, 1.807) is 18.3 Å². The predicted octanol–water partition coefficient (Wildman–Crippen LogP) is 6.48. The number of carboxylic acid groups (broad SMARTS) is 1. The summed E-state index contributed by atoms with van der Waals surface area (Å²) >= 11 is 0. The van der Waals surface area contributed by atoms with Crippen LogP contribution >= 0.6 is 0 Å². The Kier molecular flexibility index (Phi) is 5.99. The number of aromatic nitrogens is 2. The van der Waals surface area contributed by atoms with Crippen LogP contribution in [0.25, 0.3) is 28.1 Å². The molecule has 2 N–H and O–H groups in total. The van der Waals surface area contributed by atoms with Crippen LogP contribution in [0.2, 0.25) is 0 Å². The fraction of sp³-hybridized carbons (Fsp3) is 0.111. The Morgan fingerprint density at radius 1 is 1.06 bits per heavy atom. The number of hydrogen-bond acceptors (Lipinski definition) is 2. The van der Waals surface area contributed by atoms with E-state index in [0.717, 1.165) is 62.4 Å². The Bertz CT molecular complexity index is 1350. The molecule has 0 fully saturated rings. The summed E-state index contributed by atoms with van der Waals surface area (Å²) in [6, 6.07) is 18.8. The van der Waals surface area contributed by atoms with Crippen LogP contribution in [0.1, 0.15) is 41.2 Å². The second-order valence-corrected chi connectivity index (χ2v) is 7.63. The molecular weight excluding hydrogens is 403 g/mol. The number of H-pyrrole nitrogens is 1. The Balaban J connectivity index is 1.93. The molecule has 0 aliphatic heterocycles. The van der Waals surface area contributed by atoms with Gasteiger partial charge in [0, 0.05) is 11.5 Å². The normalized spacial score (nSPS) is 12.3. The van der Waals surface area contributed by atoms with Gasteiger partial charge in [-0.1, -0.05) is 43.3 Å². The van der Waals surface area contributed by atoms with Crippen LogP contribution in [-0.4, -0.2) is 21.3 Å². The molecule has 32 heavy (non-hydrogen) atoms. The highest BCUT2D eigenvalue weighted by atomic mass is 19.1. The highest BCUT2D eigenvalue weighted by Gasteiger charge is 2.16. The number of aliphatic carboxylic acids is 1. The molecule has 3 aromatic carbocycles. The van der Waals surface area contributed by atoms with Crippen molar-refractivity contribution >= 4 is 34.1 Å². The number of halogens is 1. The topological polar surface area (TPSA) is 66.0 Å². The lowest BCUT2D eigenvalue weighted by Gasteiger charge is -2.18. The van der Waals surface area contributed by atoms with Gasteiger partial charge >= 0.3 is 5.97 Å². The molecule has 0 unspecified atom stereocenters. The van der Waals surface area contributed by atoms with Crippen LogP contribution in [0, 0.1) is 12.7 Å². The Morgan fingerprint density at radius 2 is 1.81 bits per heavy atom. The molecule has 160 valence electrons. The van der Waals surface area contributed by atoms with Gasteiger partial charge in [0.05, 0.1) is 11.7 Å². The third-order valence-electron chi connectivity index (χ3n) is 5.52. The van der Waals surface area contributed by atoms with E-state index in [2.05, 4.69) is 29.3 Å². The second-order valence-electron chi connectivity index (χ2n) is 7.63. The van der Waals surface area contributed by atoms with Crippen LogP contribution in [0.15, 0.2) is 72.9 Å². The first-order chi connectivity index (χ1) is 15.5. The molecule has 0 radical (unpaired) electrons. The number of carboxylic acids is 1. The number of allylic oxidation sites excluding steroid dienone is 1. The van der Waals surface area contributed by atoms with Gasteiger partial charge in [-0.25, -0.2) is 9.18 Å². The van der Waals surface area contributed by atoms with Crippen molar-refractivity contribution in [3.63, 3.8) is 0 Å². The molecule has 0 atom stereocenters. The van der Waals surface area contributed by atoms with Gasteiger partial charge in [-0.05, 0) is 82.6 Å². The standard InChI is InChI=1S/C27H23FN2O2/c1-3-23(24-11-10-22(28)14-17(24)2)27(20-9-12-25-21(15-20)16-29-30-25)19-7-4-18(5-8-19)6-13-26(31)32/h4-16H,3H2,1-2H3,(H,29,30)(H,31,32)/b13-6+,27-23+. The summed E-state index contributed by atoms with van der Waals surface area (Å²) in [7, 11) is 0. The smallest absolute Gasteiger partial charge is 0.328 e. The number of rotatable bonds is 6. The number of benzene rings is 3. The van der Waals surface area contributed by atoms with Gasteiger partial charge in [-0.2, -0.15) is 5.10 Å². The van der Waals surface area contributed by atoms with Crippen molar-refractivity contribution in [2.75, 3.05) is 0 Å². The second kappa shape index (κ2) is 9.02. The molecular formula is C27H23FN2O2. The molecule has 0 saturated carbocycles. The molecule has 0 bridgehead atoms. The molecule has 4 nitrogen and oxygen atoms in total. The van der Waals surface area contributed by atoms with Crippen LogP contribution in [0.5, 0.6) is 0 Å². The first kappa shape index (κ1) is 21.2. The highest BCUT2D eigenvalue weighted by Crippen LogP contribution is 2.36. The van der Waals surface area contributed by atoms with E-state index >= 15 is 0 Å².